The van der Waals surface area contributed by atoms with Crippen molar-refractivity contribution in [2.24, 2.45) is 0 Å². The molecule has 0 aromatic heterocycles. The van der Waals surface area contributed by atoms with E-state index in [-0.39, 0.29) is 6.04 Å². The minimum Gasteiger partial charge on any atom is -0.277 e. The van der Waals surface area contributed by atoms with Crippen LogP contribution in [-0.4, -0.2) is 28.8 Å². The van der Waals surface area contributed by atoms with Gasteiger partial charge in [0.25, 0.3) is 0 Å². The standard InChI is InChI=1S/C14H15BrN2O3/c1-3-8(2)17-13(19)11(12(18)16-14(17)20)9-5-4-6-10(15)7-9/h4-8,11H,3H2,1-2H3,(H,16,18,20). The zero-order valence-electron chi connectivity index (χ0n) is 11.2. The van der Waals surface area contributed by atoms with Gasteiger partial charge in [-0.15, -0.1) is 0 Å². The maximum atomic E-state index is 12.5. The number of nitrogens with zero attached hydrogens (tertiary/aromatic N) is 1. The summed E-state index contributed by atoms with van der Waals surface area (Å²) < 4.78 is 0.780. The normalized spacial score (nSPS) is 20.9. The molecule has 1 aromatic rings. The van der Waals surface area contributed by atoms with Crippen molar-refractivity contribution < 1.29 is 14.4 Å². The highest BCUT2D eigenvalue weighted by atomic mass is 79.9. The maximum absolute atomic E-state index is 12.5. The highest BCUT2D eigenvalue weighted by Crippen LogP contribution is 2.26. The number of rotatable bonds is 3. The number of nitrogens with one attached hydrogen (secondary N) is 1. The van der Waals surface area contributed by atoms with Crippen LogP contribution in [0.25, 0.3) is 0 Å². The Hall–Kier alpha value is -1.69. The highest BCUT2D eigenvalue weighted by Gasteiger charge is 2.42. The molecule has 6 heteroatoms. The Balaban J connectivity index is 2.40. The summed E-state index contributed by atoms with van der Waals surface area (Å²) >= 11 is 3.31. The molecular weight excluding hydrogens is 324 g/mol. The van der Waals surface area contributed by atoms with E-state index in [1.54, 1.807) is 25.1 Å². The van der Waals surface area contributed by atoms with E-state index in [1.165, 1.54) is 0 Å². The molecule has 0 radical (unpaired) electrons. The first-order valence-corrected chi connectivity index (χ1v) is 7.18. The fraction of sp³-hybridized carbons (Fsp3) is 0.357. The molecule has 0 aliphatic carbocycles. The quantitative estimate of drug-likeness (QED) is 0.860. The lowest BCUT2D eigenvalue weighted by Gasteiger charge is -2.34. The molecule has 1 saturated heterocycles. The molecular formula is C14H15BrN2O3. The lowest BCUT2D eigenvalue weighted by atomic mass is 9.94. The highest BCUT2D eigenvalue weighted by molar-refractivity contribution is 9.10. The summed E-state index contributed by atoms with van der Waals surface area (Å²) in [5.41, 5.74) is 0.572. The Morgan fingerprint density at radius 2 is 2.05 bits per heavy atom. The third-order valence-electron chi connectivity index (χ3n) is 3.41. The number of hydrogen-bond acceptors (Lipinski definition) is 3. The van der Waals surface area contributed by atoms with Gasteiger partial charge in [-0.05, 0) is 31.0 Å². The number of carbonyl (C=O) groups excluding carboxylic acids is 3. The van der Waals surface area contributed by atoms with Gasteiger partial charge in [-0.25, -0.2) is 4.79 Å². The minimum absolute atomic E-state index is 0.245. The van der Waals surface area contributed by atoms with Crippen LogP contribution in [0.3, 0.4) is 0 Å². The second kappa shape index (κ2) is 5.75. The zero-order chi connectivity index (χ0) is 14.9. The molecule has 2 rings (SSSR count). The predicted octanol–water partition coefficient (Wildman–Crippen LogP) is 2.41. The number of barbiturate groups is 1. The Labute approximate surface area is 125 Å². The third-order valence-corrected chi connectivity index (χ3v) is 3.90. The minimum atomic E-state index is -0.973. The van der Waals surface area contributed by atoms with Crippen molar-refractivity contribution in [3.05, 3.63) is 34.3 Å². The predicted molar refractivity (Wildman–Crippen MR) is 77.0 cm³/mol. The molecule has 1 fully saturated rings. The van der Waals surface area contributed by atoms with Crippen molar-refractivity contribution in [3.63, 3.8) is 0 Å². The van der Waals surface area contributed by atoms with E-state index in [1.807, 2.05) is 13.0 Å². The first-order valence-electron chi connectivity index (χ1n) is 6.39. The molecule has 1 aliphatic heterocycles. The molecule has 0 spiro atoms. The number of urea groups is 1. The summed E-state index contributed by atoms with van der Waals surface area (Å²) in [4.78, 5) is 37.4. The van der Waals surface area contributed by atoms with E-state index >= 15 is 0 Å². The van der Waals surface area contributed by atoms with E-state index in [2.05, 4.69) is 21.2 Å². The number of imide groups is 2. The van der Waals surface area contributed by atoms with E-state index in [0.717, 1.165) is 9.37 Å². The summed E-state index contributed by atoms with van der Waals surface area (Å²) in [6.07, 6.45) is 0.637. The van der Waals surface area contributed by atoms with Crippen LogP contribution in [0.5, 0.6) is 0 Å². The molecule has 1 aliphatic rings. The zero-order valence-corrected chi connectivity index (χ0v) is 12.8. The number of hydrogen-bond donors (Lipinski definition) is 1. The average molecular weight is 339 g/mol. The Kier molecular flexibility index (Phi) is 4.23. The smallest absolute Gasteiger partial charge is 0.277 e. The van der Waals surface area contributed by atoms with Crippen LogP contribution < -0.4 is 5.32 Å². The Morgan fingerprint density at radius 3 is 2.65 bits per heavy atom. The van der Waals surface area contributed by atoms with Gasteiger partial charge >= 0.3 is 6.03 Å². The van der Waals surface area contributed by atoms with E-state index in [9.17, 15) is 14.4 Å². The number of benzene rings is 1. The third kappa shape index (κ3) is 2.60. The second-order valence-corrected chi connectivity index (χ2v) is 5.66. The van der Waals surface area contributed by atoms with Crippen molar-refractivity contribution in [1.29, 1.82) is 0 Å². The van der Waals surface area contributed by atoms with Crippen LogP contribution in [0.15, 0.2) is 28.7 Å². The average Bonchev–Trinajstić information content (AvgIpc) is 2.37. The number of carbonyl (C=O) groups is 3. The molecule has 5 nitrogen and oxygen atoms in total. The van der Waals surface area contributed by atoms with Crippen molar-refractivity contribution in [2.45, 2.75) is 32.2 Å². The van der Waals surface area contributed by atoms with Crippen LogP contribution in [0.4, 0.5) is 4.79 Å². The second-order valence-electron chi connectivity index (χ2n) is 4.75. The topological polar surface area (TPSA) is 66.5 Å². The molecule has 1 N–H and O–H groups in total. The molecule has 4 amide bonds. The molecule has 1 aromatic carbocycles. The van der Waals surface area contributed by atoms with Gasteiger partial charge in [0, 0.05) is 10.5 Å². The van der Waals surface area contributed by atoms with Gasteiger partial charge in [-0.3, -0.25) is 19.8 Å². The van der Waals surface area contributed by atoms with Crippen molar-refractivity contribution in [3.8, 4) is 0 Å². The molecule has 0 saturated carbocycles. The van der Waals surface area contributed by atoms with Gasteiger partial charge in [0.2, 0.25) is 11.8 Å². The molecule has 2 unspecified atom stereocenters. The van der Waals surface area contributed by atoms with Crippen molar-refractivity contribution in [1.82, 2.24) is 10.2 Å². The van der Waals surface area contributed by atoms with E-state index in [0.29, 0.717) is 12.0 Å². The van der Waals surface area contributed by atoms with Crippen LogP contribution in [-0.2, 0) is 9.59 Å². The molecule has 1 heterocycles. The summed E-state index contributed by atoms with van der Waals surface area (Å²) in [6, 6.07) is 6.10. The first kappa shape index (κ1) is 14.7. The van der Waals surface area contributed by atoms with Gasteiger partial charge < -0.3 is 0 Å². The molecule has 0 bridgehead atoms. The van der Waals surface area contributed by atoms with Crippen LogP contribution in [0.2, 0.25) is 0 Å². The van der Waals surface area contributed by atoms with Crippen LogP contribution in [0.1, 0.15) is 31.7 Å². The summed E-state index contributed by atoms with van der Waals surface area (Å²) in [5, 5.41) is 2.25. The van der Waals surface area contributed by atoms with Gasteiger partial charge in [-0.1, -0.05) is 35.0 Å². The van der Waals surface area contributed by atoms with Crippen molar-refractivity contribution in [2.75, 3.05) is 0 Å². The molecule has 2 atom stereocenters. The van der Waals surface area contributed by atoms with Crippen molar-refractivity contribution >= 4 is 33.8 Å². The monoisotopic (exact) mass is 338 g/mol. The fourth-order valence-corrected chi connectivity index (χ4v) is 2.59. The molecule has 20 heavy (non-hydrogen) atoms. The largest absolute Gasteiger partial charge is 0.331 e. The Bertz CT molecular complexity index is 573. The van der Waals surface area contributed by atoms with E-state index < -0.39 is 23.8 Å². The lowest BCUT2D eigenvalue weighted by molar-refractivity contribution is -0.140. The van der Waals surface area contributed by atoms with Crippen LogP contribution in [0, 0.1) is 0 Å². The number of amides is 4. The maximum Gasteiger partial charge on any atom is 0.331 e. The first-order chi connectivity index (χ1) is 9.45. The van der Waals surface area contributed by atoms with E-state index in [4.69, 9.17) is 0 Å². The fourth-order valence-electron chi connectivity index (χ4n) is 2.17. The van der Waals surface area contributed by atoms with Gasteiger partial charge in [0.05, 0.1) is 0 Å². The number of halogens is 1. The molecule has 106 valence electrons. The lowest BCUT2D eigenvalue weighted by Crippen LogP contribution is -2.59. The van der Waals surface area contributed by atoms with Gasteiger partial charge in [0.15, 0.2) is 0 Å². The summed E-state index contributed by atoms with van der Waals surface area (Å²) in [6.45, 7) is 3.67. The summed E-state index contributed by atoms with van der Waals surface area (Å²) in [7, 11) is 0. The Morgan fingerprint density at radius 1 is 1.35 bits per heavy atom. The van der Waals surface area contributed by atoms with Gasteiger partial charge in [-0.2, -0.15) is 0 Å². The van der Waals surface area contributed by atoms with Crippen LogP contribution >= 0.6 is 15.9 Å². The SMILES string of the molecule is CCC(C)N1C(=O)NC(=O)C(c2cccc(Br)c2)C1=O. The van der Waals surface area contributed by atoms with Gasteiger partial charge in [0.1, 0.15) is 5.92 Å². The summed E-state index contributed by atoms with van der Waals surface area (Å²) in [5.74, 6) is -2.01.